The van der Waals surface area contributed by atoms with Crippen LogP contribution in [0, 0.1) is 25.7 Å². The fourth-order valence-electron chi connectivity index (χ4n) is 3.69. The summed E-state index contributed by atoms with van der Waals surface area (Å²) in [6.45, 7) is 5.25. The number of hydrogen-bond acceptors (Lipinski definition) is 1. The van der Waals surface area contributed by atoms with Crippen LogP contribution in [0.4, 0.5) is 0 Å². The van der Waals surface area contributed by atoms with Gasteiger partial charge in [0, 0.05) is 12.1 Å². The smallest absolute Gasteiger partial charge is 0.132 e. The molecular formula is C25H23N. The number of aryl methyl sites for hydroxylation is 2. The van der Waals surface area contributed by atoms with Gasteiger partial charge in [-0.25, -0.2) is 0 Å². The lowest BCUT2D eigenvalue weighted by molar-refractivity contribution is 0.477. The van der Waals surface area contributed by atoms with Crippen molar-refractivity contribution in [1.29, 1.82) is 0 Å². The van der Waals surface area contributed by atoms with Gasteiger partial charge in [0.2, 0.25) is 0 Å². The van der Waals surface area contributed by atoms with E-state index in [4.69, 9.17) is 0 Å². The second-order valence-electron chi connectivity index (χ2n) is 7.00. The van der Waals surface area contributed by atoms with E-state index in [0.717, 1.165) is 18.5 Å². The minimum Gasteiger partial charge on any atom is -0.293 e. The molecule has 3 aromatic carbocycles. The highest BCUT2D eigenvalue weighted by atomic mass is 15.0. The number of rotatable bonds is 1. The molecule has 1 heteroatoms. The SMILES string of the molecule is Cc1ccc(C2(C#Cc3ccccc3)NCCc3ccccc32)cc1C. The molecule has 3 aromatic rings. The highest BCUT2D eigenvalue weighted by Gasteiger charge is 2.36. The molecular weight excluding hydrogens is 314 g/mol. The van der Waals surface area contributed by atoms with E-state index in [0.29, 0.717) is 0 Å². The van der Waals surface area contributed by atoms with Gasteiger partial charge in [-0.15, -0.1) is 0 Å². The lowest BCUT2D eigenvalue weighted by Crippen LogP contribution is -2.47. The molecule has 1 heterocycles. The van der Waals surface area contributed by atoms with Gasteiger partial charge in [0.15, 0.2) is 0 Å². The summed E-state index contributed by atoms with van der Waals surface area (Å²) in [6.07, 6.45) is 1.04. The first-order chi connectivity index (χ1) is 12.7. The molecule has 0 radical (unpaired) electrons. The maximum absolute atomic E-state index is 3.75. The minimum absolute atomic E-state index is 0.469. The Hall–Kier alpha value is -2.82. The fraction of sp³-hybridized carbons (Fsp3) is 0.200. The first-order valence-electron chi connectivity index (χ1n) is 9.18. The lowest BCUT2D eigenvalue weighted by atomic mass is 9.77. The zero-order valence-electron chi connectivity index (χ0n) is 15.3. The van der Waals surface area contributed by atoms with Gasteiger partial charge < -0.3 is 0 Å². The molecule has 1 aliphatic heterocycles. The maximum atomic E-state index is 3.75. The van der Waals surface area contributed by atoms with Crippen LogP contribution in [0.1, 0.15) is 33.4 Å². The molecule has 128 valence electrons. The van der Waals surface area contributed by atoms with Crippen LogP contribution in [0.25, 0.3) is 0 Å². The highest BCUT2D eigenvalue weighted by molar-refractivity contribution is 5.55. The summed E-state index contributed by atoms with van der Waals surface area (Å²) < 4.78 is 0. The fourth-order valence-corrected chi connectivity index (χ4v) is 3.69. The van der Waals surface area contributed by atoms with Crippen molar-refractivity contribution in [3.05, 3.63) is 106 Å². The van der Waals surface area contributed by atoms with E-state index in [1.54, 1.807) is 0 Å². The van der Waals surface area contributed by atoms with E-state index in [1.807, 2.05) is 18.2 Å². The first kappa shape index (κ1) is 16.6. The molecule has 26 heavy (non-hydrogen) atoms. The topological polar surface area (TPSA) is 12.0 Å². The van der Waals surface area contributed by atoms with Crippen LogP contribution in [-0.2, 0) is 12.0 Å². The van der Waals surface area contributed by atoms with Gasteiger partial charge >= 0.3 is 0 Å². The Balaban J connectivity index is 1.94. The van der Waals surface area contributed by atoms with Gasteiger partial charge in [-0.1, -0.05) is 72.5 Å². The number of nitrogens with one attached hydrogen (secondary N) is 1. The van der Waals surface area contributed by atoms with Gasteiger partial charge in [0.1, 0.15) is 5.54 Å². The summed E-state index contributed by atoms with van der Waals surface area (Å²) in [5, 5.41) is 3.75. The average Bonchev–Trinajstić information content (AvgIpc) is 2.69. The van der Waals surface area contributed by atoms with E-state index in [2.05, 4.69) is 85.6 Å². The summed E-state index contributed by atoms with van der Waals surface area (Å²) in [5.74, 6) is 7.03. The quantitative estimate of drug-likeness (QED) is 0.632. The molecule has 1 unspecified atom stereocenters. The summed E-state index contributed by atoms with van der Waals surface area (Å²) in [6, 6.07) is 25.6. The zero-order valence-corrected chi connectivity index (χ0v) is 15.3. The Labute approximate surface area is 156 Å². The van der Waals surface area contributed by atoms with Gasteiger partial charge in [-0.2, -0.15) is 0 Å². The number of benzene rings is 3. The van der Waals surface area contributed by atoms with Crippen LogP contribution < -0.4 is 5.32 Å². The van der Waals surface area contributed by atoms with Crippen molar-refractivity contribution < 1.29 is 0 Å². The lowest BCUT2D eigenvalue weighted by Gasteiger charge is -2.37. The first-order valence-corrected chi connectivity index (χ1v) is 9.18. The predicted molar refractivity (Wildman–Crippen MR) is 108 cm³/mol. The summed E-state index contributed by atoms with van der Waals surface area (Å²) in [5.41, 5.74) is 7.06. The van der Waals surface area contributed by atoms with Crippen LogP contribution in [0.15, 0.2) is 72.8 Å². The van der Waals surface area contributed by atoms with Crippen molar-refractivity contribution in [3.63, 3.8) is 0 Å². The molecule has 1 nitrogen and oxygen atoms in total. The second kappa shape index (κ2) is 6.83. The molecule has 0 saturated heterocycles. The van der Waals surface area contributed by atoms with Gasteiger partial charge in [0.05, 0.1) is 0 Å². The highest BCUT2D eigenvalue weighted by Crippen LogP contribution is 2.35. The summed E-state index contributed by atoms with van der Waals surface area (Å²) in [4.78, 5) is 0. The maximum Gasteiger partial charge on any atom is 0.132 e. The van der Waals surface area contributed by atoms with E-state index in [-0.39, 0.29) is 0 Å². The molecule has 0 aromatic heterocycles. The van der Waals surface area contributed by atoms with Crippen molar-refractivity contribution in [2.75, 3.05) is 6.54 Å². The molecule has 0 bridgehead atoms. The van der Waals surface area contributed by atoms with Gasteiger partial charge in [0.25, 0.3) is 0 Å². The third kappa shape index (κ3) is 2.94. The molecule has 1 N–H and O–H groups in total. The van der Waals surface area contributed by atoms with E-state index in [1.165, 1.54) is 27.8 Å². The van der Waals surface area contributed by atoms with Crippen LogP contribution in [0.5, 0.6) is 0 Å². The van der Waals surface area contributed by atoms with Crippen molar-refractivity contribution in [2.45, 2.75) is 25.8 Å². The Morgan fingerprint density at radius 1 is 0.846 bits per heavy atom. The van der Waals surface area contributed by atoms with Crippen LogP contribution in [0.3, 0.4) is 0 Å². The van der Waals surface area contributed by atoms with Crippen molar-refractivity contribution >= 4 is 0 Å². The standard InChI is InChI=1S/C25H23N/c1-19-12-13-23(18-20(19)2)25(16-14-21-8-4-3-5-9-21)24-11-7-6-10-22(24)15-17-26-25/h3-13,18,26H,15,17H2,1-2H3. The van der Waals surface area contributed by atoms with Crippen molar-refractivity contribution in [1.82, 2.24) is 5.32 Å². The largest absolute Gasteiger partial charge is 0.293 e. The normalized spacial score (nSPS) is 18.5. The van der Waals surface area contributed by atoms with Crippen molar-refractivity contribution in [3.8, 4) is 11.8 Å². The summed E-state index contributed by atoms with van der Waals surface area (Å²) in [7, 11) is 0. The second-order valence-corrected chi connectivity index (χ2v) is 7.00. The minimum atomic E-state index is -0.469. The predicted octanol–water partition coefficient (Wildman–Crippen LogP) is 4.74. The molecule has 0 fully saturated rings. The van der Waals surface area contributed by atoms with Gasteiger partial charge in [-0.3, -0.25) is 5.32 Å². The average molecular weight is 337 g/mol. The monoisotopic (exact) mass is 337 g/mol. The van der Waals surface area contributed by atoms with Crippen LogP contribution in [0.2, 0.25) is 0 Å². The Morgan fingerprint density at radius 2 is 1.62 bits per heavy atom. The molecule has 4 rings (SSSR count). The Morgan fingerprint density at radius 3 is 2.42 bits per heavy atom. The summed E-state index contributed by atoms with van der Waals surface area (Å²) >= 11 is 0. The molecule has 0 spiro atoms. The molecule has 0 saturated carbocycles. The van der Waals surface area contributed by atoms with E-state index >= 15 is 0 Å². The zero-order chi connectivity index (χ0) is 18.0. The molecule has 1 aliphatic rings. The molecule has 0 amide bonds. The number of hydrogen-bond donors (Lipinski definition) is 1. The van der Waals surface area contributed by atoms with Crippen LogP contribution in [-0.4, -0.2) is 6.54 Å². The number of fused-ring (bicyclic) bond motifs is 1. The van der Waals surface area contributed by atoms with E-state index < -0.39 is 5.54 Å². The third-order valence-electron chi connectivity index (χ3n) is 5.31. The molecule has 0 aliphatic carbocycles. The third-order valence-corrected chi connectivity index (χ3v) is 5.31. The molecule has 1 atom stereocenters. The van der Waals surface area contributed by atoms with Gasteiger partial charge in [-0.05, 0) is 60.2 Å². The van der Waals surface area contributed by atoms with Crippen LogP contribution >= 0.6 is 0 Å². The Bertz CT molecular complexity index is 991. The van der Waals surface area contributed by atoms with Crippen molar-refractivity contribution in [2.24, 2.45) is 0 Å². The Kier molecular flexibility index (Phi) is 4.37. The van der Waals surface area contributed by atoms with E-state index in [9.17, 15) is 0 Å².